The van der Waals surface area contributed by atoms with Crippen LogP contribution in [0.3, 0.4) is 0 Å². The fourth-order valence-corrected chi connectivity index (χ4v) is 8.38. The standard InChI is InChI=1S/C26H51OS/c1-6-7-8-9-10-11-12-13-14-18-21-25(28(22(2)3)23(4)5)26(27)24-19-16-15-17-20-24/h22-25H,6-21H2,1-5H3/q+1. The molecule has 0 aromatic carbocycles. The van der Waals surface area contributed by atoms with Crippen molar-refractivity contribution in [3.63, 3.8) is 0 Å². The minimum atomic E-state index is 0.239. The molecule has 1 nitrogen and oxygen atoms in total. The molecule has 1 unspecified atom stereocenters. The average Bonchev–Trinajstić information content (AvgIpc) is 2.68. The zero-order valence-electron chi connectivity index (χ0n) is 19.9. The van der Waals surface area contributed by atoms with Crippen molar-refractivity contribution in [1.29, 1.82) is 0 Å². The van der Waals surface area contributed by atoms with Gasteiger partial charge in [0.05, 0.1) is 0 Å². The lowest BCUT2D eigenvalue weighted by Gasteiger charge is -2.29. The van der Waals surface area contributed by atoms with Gasteiger partial charge in [0.15, 0.2) is 11.0 Å². The number of hydrogen-bond acceptors (Lipinski definition) is 1. The van der Waals surface area contributed by atoms with Crippen LogP contribution in [0.25, 0.3) is 0 Å². The molecule has 1 atom stereocenters. The van der Waals surface area contributed by atoms with Crippen LogP contribution >= 0.6 is 0 Å². The summed E-state index contributed by atoms with van der Waals surface area (Å²) in [6.45, 7) is 11.7. The molecule has 0 saturated heterocycles. The quantitative estimate of drug-likeness (QED) is 0.184. The Bertz CT molecular complexity index is 376. The minimum Gasteiger partial charge on any atom is -0.294 e. The van der Waals surface area contributed by atoms with Crippen molar-refractivity contribution >= 4 is 16.7 Å². The Morgan fingerprint density at radius 2 is 1.21 bits per heavy atom. The first-order valence-corrected chi connectivity index (χ1v) is 14.1. The van der Waals surface area contributed by atoms with E-state index in [0.29, 0.717) is 27.5 Å². The Labute approximate surface area is 180 Å². The summed E-state index contributed by atoms with van der Waals surface area (Å²) in [5, 5.41) is 1.62. The molecule has 0 heterocycles. The molecule has 0 N–H and O–H groups in total. The molecule has 0 aliphatic heterocycles. The lowest BCUT2D eigenvalue weighted by molar-refractivity contribution is -0.123. The smallest absolute Gasteiger partial charge is 0.187 e. The summed E-state index contributed by atoms with van der Waals surface area (Å²) in [4.78, 5) is 13.4. The van der Waals surface area contributed by atoms with E-state index in [1.54, 1.807) is 0 Å². The summed E-state index contributed by atoms with van der Waals surface area (Å²) in [6.07, 6.45) is 21.2. The van der Waals surface area contributed by atoms with Crippen LogP contribution in [0.15, 0.2) is 0 Å². The van der Waals surface area contributed by atoms with E-state index in [1.165, 1.54) is 96.3 Å². The molecule has 0 bridgehead atoms. The predicted octanol–water partition coefficient (Wildman–Crippen LogP) is 8.25. The van der Waals surface area contributed by atoms with E-state index in [0.717, 1.165) is 6.42 Å². The van der Waals surface area contributed by atoms with Crippen LogP contribution in [-0.2, 0) is 15.7 Å². The van der Waals surface area contributed by atoms with E-state index in [1.807, 2.05) is 0 Å². The Morgan fingerprint density at radius 3 is 1.68 bits per heavy atom. The molecule has 2 heteroatoms. The van der Waals surface area contributed by atoms with Gasteiger partial charge < -0.3 is 0 Å². The summed E-state index contributed by atoms with van der Waals surface area (Å²) in [6, 6.07) is 0. The second-order valence-corrected chi connectivity index (χ2v) is 13.0. The predicted molar refractivity (Wildman–Crippen MR) is 129 cm³/mol. The monoisotopic (exact) mass is 411 g/mol. The zero-order valence-corrected chi connectivity index (χ0v) is 20.8. The fourth-order valence-electron chi connectivity index (χ4n) is 5.08. The molecule has 1 fully saturated rings. The lowest BCUT2D eigenvalue weighted by Crippen LogP contribution is -2.43. The highest BCUT2D eigenvalue weighted by Gasteiger charge is 2.43. The highest BCUT2D eigenvalue weighted by atomic mass is 32.2. The number of Topliss-reactive ketones (excluding diaryl/α,β-unsaturated/α-hetero) is 1. The summed E-state index contributed by atoms with van der Waals surface area (Å²) in [5.74, 6) is 1.04. The number of carbonyl (C=O) groups is 1. The van der Waals surface area contributed by atoms with Crippen LogP contribution < -0.4 is 0 Å². The van der Waals surface area contributed by atoms with Gasteiger partial charge in [-0.15, -0.1) is 0 Å². The summed E-state index contributed by atoms with van der Waals surface area (Å²) in [7, 11) is 0.239. The average molecular weight is 412 g/mol. The number of ketones is 1. The maximum Gasteiger partial charge on any atom is 0.187 e. The first-order valence-electron chi connectivity index (χ1n) is 12.7. The molecule has 28 heavy (non-hydrogen) atoms. The molecule has 0 aromatic rings. The SMILES string of the molecule is CCCCCCCCCCCCC(C(=O)C1CCCCC1)[S+](C(C)C)C(C)C. The molecular weight excluding hydrogens is 360 g/mol. The van der Waals surface area contributed by atoms with Crippen LogP contribution in [0.2, 0.25) is 0 Å². The van der Waals surface area contributed by atoms with Gasteiger partial charge in [0, 0.05) is 23.2 Å². The first-order chi connectivity index (χ1) is 13.5. The number of unbranched alkanes of at least 4 members (excludes halogenated alkanes) is 9. The molecular formula is C26H51OS+. The Balaban J connectivity index is 2.42. The van der Waals surface area contributed by atoms with Crippen molar-refractivity contribution in [2.45, 2.75) is 153 Å². The third-order valence-electron chi connectivity index (χ3n) is 6.56. The van der Waals surface area contributed by atoms with Crippen LogP contribution in [0.4, 0.5) is 0 Å². The Morgan fingerprint density at radius 1 is 0.750 bits per heavy atom. The Hall–Kier alpha value is 0.0200. The molecule has 166 valence electrons. The molecule has 0 aromatic heterocycles. The van der Waals surface area contributed by atoms with Gasteiger partial charge in [0.25, 0.3) is 0 Å². The molecule has 0 radical (unpaired) electrons. The number of hydrogen-bond donors (Lipinski definition) is 0. The van der Waals surface area contributed by atoms with Crippen molar-refractivity contribution in [2.24, 2.45) is 5.92 Å². The van der Waals surface area contributed by atoms with E-state index in [-0.39, 0.29) is 10.9 Å². The van der Waals surface area contributed by atoms with Gasteiger partial charge in [-0.1, -0.05) is 84.0 Å². The van der Waals surface area contributed by atoms with Gasteiger partial charge in [0.1, 0.15) is 10.5 Å². The highest BCUT2D eigenvalue weighted by Crippen LogP contribution is 2.32. The molecule has 1 aliphatic carbocycles. The normalized spacial score (nSPS) is 17.0. The van der Waals surface area contributed by atoms with E-state index >= 15 is 0 Å². The molecule has 0 amide bonds. The topological polar surface area (TPSA) is 17.1 Å². The van der Waals surface area contributed by atoms with Crippen molar-refractivity contribution in [3.05, 3.63) is 0 Å². The second-order valence-electron chi connectivity index (χ2n) is 9.70. The van der Waals surface area contributed by atoms with E-state index in [4.69, 9.17) is 0 Å². The van der Waals surface area contributed by atoms with Gasteiger partial charge in [-0.25, -0.2) is 0 Å². The summed E-state index contributed by atoms with van der Waals surface area (Å²) in [5.41, 5.74) is 0. The maximum atomic E-state index is 13.4. The third-order valence-corrected chi connectivity index (χ3v) is 9.86. The summed E-state index contributed by atoms with van der Waals surface area (Å²) >= 11 is 0. The molecule has 1 aliphatic rings. The van der Waals surface area contributed by atoms with Gasteiger partial charge in [0.2, 0.25) is 0 Å². The number of carbonyl (C=O) groups excluding carboxylic acids is 1. The lowest BCUT2D eigenvalue weighted by atomic mass is 9.84. The first kappa shape index (κ1) is 26.1. The summed E-state index contributed by atoms with van der Waals surface area (Å²) < 4.78 is 0. The van der Waals surface area contributed by atoms with Crippen molar-refractivity contribution in [2.75, 3.05) is 0 Å². The second kappa shape index (κ2) is 15.8. The Kier molecular flexibility index (Phi) is 14.7. The molecule has 0 spiro atoms. The van der Waals surface area contributed by atoms with E-state index in [2.05, 4.69) is 34.6 Å². The van der Waals surface area contributed by atoms with Gasteiger partial charge in [-0.2, -0.15) is 0 Å². The zero-order chi connectivity index (χ0) is 20.8. The largest absolute Gasteiger partial charge is 0.294 e. The number of rotatable bonds is 16. The van der Waals surface area contributed by atoms with E-state index in [9.17, 15) is 4.79 Å². The van der Waals surface area contributed by atoms with Gasteiger partial charge in [-0.3, -0.25) is 4.79 Å². The van der Waals surface area contributed by atoms with E-state index < -0.39 is 0 Å². The van der Waals surface area contributed by atoms with Crippen LogP contribution in [0.5, 0.6) is 0 Å². The third kappa shape index (κ3) is 10.2. The highest BCUT2D eigenvalue weighted by molar-refractivity contribution is 7.99. The van der Waals surface area contributed by atoms with Crippen LogP contribution in [0, 0.1) is 5.92 Å². The molecule has 1 rings (SSSR count). The van der Waals surface area contributed by atoms with Crippen LogP contribution in [-0.4, -0.2) is 21.5 Å². The maximum absolute atomic E-state index is 13.4. The fraction of sp³-hybridized carbons (Fsp3) is 0.962. The van der Waals surface area contributed by atoms with Crippen molar-refractivity contribution in [1.82, 2.24) is 0 Å². The van der Waals surface area contributed by atoms with Gasteiger partial charge in [-0.05, 0) is 47.0 Å². The van der Waals surface area contributed by atoms with Gasteiger partial charge >= 0.3 is 0 Å². The minimum absolute atomic E-state index is 0.239. The van der Waals surface area contributed by atoms with Crippen molar-refractivity contribution in [3.8, 4) is 0 Å². The van der Waals surface area contributed by atoms with Crippen molar-refractivity contribution < 1.29 is 4.79 Å². The molecule has 1 saturated carbocycles. The van der Waals surface area contributed by atoms with Crippen LogP contribution in [0.1, 0.15) is 137 Å².